The molecule has 0 saturated heterocycles. The zero-order valence-corrected chi connectivity index (χ0v) is 8.42. The predicted molar refractivity (Wildman–Crippen MR) is 55.8 cm³/mol. The molecule has 14 heavy (non-hydrogen) atoms. The lowest BCUT2D eigenvalue weighted by atomic mass is 10.3. The summed E-state index contributed by atoms with van der Waals surface area (Å²) in [5.41, 5.74) is 6.19. The van der Waals surface area contributed by atoms with Crippen molar-refractivity contribution in [2.75, 3.05) is 18.1 Å². The molecule has 0 aliphatic heterocycles. The molecule has 0 aliphatic rings. The zero-order chi connectivity index (χ0) is 10.4. The third-order valence-electron chi connectivity index (χ3n) is 1.56. The van der Waals surface area contributed by atoms with Gasteiger partial charge in [-0.2, -0.15) is 5.26 Å². The van der Waals surface area contributed by atoms with Crippen LogP contribution in [0.1, 0.15) is 12.1 Å². The van der Waals surface area contributed by atoms with E-state index in [9.17, 15) is 0 Å². The fraction of sp³-hybridized carbons (Fsp3) is 0.333. The first-order valence-corrected chi connectivity index (χ1v) is 5.16. The Kier molecular flexibility index (Phi) is 4.23. The number of hydrogen-bond donors (Lipinski definition) is 2. The highest BCUT2D eigenvalue weighted by Gasteiger charge is 2.01. The molecule has 4 nitrogen and oxygen atoms in total. The highest BCUT2D eigenvalue weighted by Crippen LogP contribution is 2.19. The average molecular weight is 209 g/mol. The van der Waals surface area contributed by atoms with Crippen LogP contribution in [0.2, 0.25) is 0 Å². The Hall–Kier alpha value is -1.25. The average Bonchev–Trinajstić information content (AvgIpc) is 2.21. The molecule has 74 valence electrons. The van der Waals surface area contributed by atoms with Gasteiger partial charge in [0, 0.05) is 12.4 Å². The van der Waals surface area contributed by atoms with Crippen LogP contribution in [0, 0.1) is 11.3 Å². The van der Waals surface area contributed by atoms with Crippen molar-refractivity contribution in [3.05, 3.63) is 17.8 Å². The van der Waals surface area contributed by atoms with Crippen molar-refractivity contribution >= 4 is 17.4 Å². The van der Waals surface area contributed by atoms with E-state index in [1.54, 1.807) is 12.1 Å². The molecule has 0 aliphatic carbocycles. The molecule has 0 spiro atoms. The second-order valence-corrected chi connectivity index (χ2v) is 3.74. The molecular formula is C9H11N3OS. The number of nitrogen functional groups attached to an aromatic ring is 1. The van der Waals surface area contributed by atoms with Gasteiger partial charge < -0.3 is 10.8 Å². The summed E-state index contributed by atoms with van der Waals surface area (Å²) in [7, 11) is 0. The van der Waals surface area contributed by atoms with Crippen LogP contribution in [0.3, 0.4) is 0 Å². The first kappa shape index (κ1) is 10.8. The van der Waals surface area contributed by atoms with E-state index in [4.69, 9.17) is 16.1 Å². The number of thioether (sulfide) groups is 1. The SMILES string of the molecule is N#Cc1nc(SCCCO)ccc1N. The van der Waals surface area contributed by atoms with E-state index in [2.05, 4.69) is 4.98 Å². The third kappa shape index (κ3) is 2.91. The van der Waals surface area contributed by atoms with Gasteiger partial charge in [0.15, 0.2) is 5.69 Å². The van der Waals surface area contributed by atoms with E-state index < -0.39 is 0 Å². The molecule has 1 aromatic heterocycles. The van der Waals surface area contributed by atoms with E-state index in [0.29, 0.717) is 5.69 Å². The topological polar surface area (TPSA) is 82.9 Å². The van der Waals surface area contributed by atoms with Gasteiger partial charge in [0.2, 0.25) is 0 Å². The Morgan fingerprint density at radius 3 is 3.00 bits per heavy atom. The Balaban J connectivity index is 2.66. The van der Waals surface area contributed by atoms with Gasteiger partial charge in [0.05, 0.1) is 10.7 Å². The number of nitriles is 1. The van der Waals surface area contributed by atoms with Gasteiger partial charge in [-0.15, -0.1) is 11.8 Å². The van der Waals surface area contributed by atoms with Crippen LogP contribution in [0.5, 0.6) is 0 Å². The number of aromatic nitrogens is 1. The van der Waals surface area contributed by atoms with Crippen LogP contribution in [0.25, 0.3) is 0 Å². The minimum absolute atomic E-state index is 0.174. The number of pyridine rings is 1. The maximum absolute atomic E-state index is 8.67. The molecule has 1 heterocycles. The van der Waals surface area contributed by atoms with Crippen molar-refractivity contribution in [3.8, 4) is 6.07 Å². The Morgan fingerprint density at radius 2 is 2.36 bits per heavy atom. The summed E-state index contributed by atoms with van der Waals surface area (Å²) in [6.45, 7) is 0.174. The lowest BCUT2D eigenvalue weighted by molar-refractivity contribution is 0.296. The molecule has 0 fully saturated rings. The van der Waals surface area contributed by atoms with Crippen LogP contribution in [-0.4, -0.2) is 22.5 Å². The quantitative estimate of drug-likeness (QED) is 0.571. The van der Waals surface area contributed by atoms with Gasteiger partial charge in [0.1, 0.15) is 6.07 Å². The van der Waals surface area contributed by atoms with Crippen LogP contribution in [0.4, 0.5) is 5.69 Å². The molecule has 0 atom stereocenters. The van der Waals surface area contributed by atoms with Gasteiger partial charge in [-0.3, -0.25) is 0 Å². The lowest BCUT2D eigenvalue weighted by Crippen LogP contribution is -1.95. The number of aliphatic hydroxyl groups excluding tert-OH is 1. The summed E-state index contributed by atoms with van der Waals surface area (Å²) in [5, 5.41) is 18.0. The third-order valence-corrected chi connectivity index (χ3v) is 2.58. The van der Waals surface area contributed by atoms with Crippen molar-refractivity contribution < 1.29 is 5.11 Å². The first-order valence-electron chi connectivity index (χ1n) is 4.18. The van der Waals surface area contributed by atoms with E-state index in [0.717, 1.165) is 17.2 Å². The Bertz CT molecular complexity index is 348. The van der Waals surface area contributed by atoms with Crippen molar-refractivity contribution in [3.63, 3.8) is 0 Å². The molecule has 0 unspecified atom stereocenters. The summed E-state index contributed by atoms with van der Waals surface area (Å²) in [6, 6.07) is 5.38. The molecule has 0 bridgehead atoms. The monoisotopic (exact) mass is 209 g/mol. The standard InChI is InChI=1S/C9H11N3OS/c10-6-8-7(11)2-3-9(12-8)14-5-1-4-13/h2-3,13H,1,4-5,11H2. The fourth-order valence-electron chi connectivity index (χ4n) is 0.863. The van der Waals surface area contributed by atoms with E-state index in [1.165, 1.54) is 11.8 Å². The maximum Gasteiger partial charge on any atom is 0.164 e. The van der Waals surface area contributed by atoms with Gasteiger partial charge in [-0.25, -0.2) is 4.98 Å². The second kappa shape index (κ2) is 5.47. The fourth-order valence-corrected chi connectivity index (χ4v) is 1.67. The number of nitrogens with zero attached hydrogens (tertiary/aromatic N) is 2. The van der Waals surface area contributed by atoms with Gasteiger partial charge in [-0.05, 0) is 18.6 Å². The minimum Gasteiger partial charge on any atom is -0.396 e. The van der Waals surface area contributed by atoms with Gasteiger partial charge in [-0.1, -0.05) is 0 Å². The van der Waals surface area contributed by atoms with Crippen molar-refractivity contribution in [2.45, 2.75) is 11.4 Å². The number of nitrogens with two attached hydrogens (primary N) is 1. The molecule has 0 radical (unpaired) electrons. The highest BCUT2D eigenvalue weighted by atomic mass is 32.2. The molecule has 0 amide bonds. The number of rotatable bonds is 4. The van der Waals surface area contributed by atoms with Crippen molar-refractivity contribution in [1.82, 2.24) is 4.98 Å². The first-order chi connectivity index (χ1) is 6.77. The molecular weight excluding hydrogens is 198 g/mol. The normalized spacial score (nSPS) is 9.71. The largest absolute Gasteiger partial charge is 0.396 e. The molecule has 3 N–H and O–H groups in total. The van der Waals surface area contributed by atoms with Crippen LogP contribution >= 0.6 is 11.8 Å². The summed E-state index contributed by atoms with van der Waals surface area (Å²) < 4.78 is 0. The van der Waals surface area contributed by atoms with E-state index in [1.807, 2.05) is 6.07 Å². The second-order valence-electron chi connectivity index (χ2n) is 2.62. The lowest BCUT2D eigenvalue weighted by Gasteiger charge is -2.01. The summed E-state index contributed by atoms with van der Waals surface area (Å²) in [4.78, 5) is 4.06. The van der Waals surface area contributed by atoms with Crippen LogP contribution in [-0.2, 0) is 0 Å². The zero-order valence-electron chi connectivity index (χ0n) is 7.60. The molecule has 0 saturated carbocycles. The van der Waals surface area contributed by atoms with Crippen LogP contribution in [0.15, 0.2) is 17.2 Å². The van der Waals surface area contributed by atoms with E-state index in [-0.39, 0.29) is 12.3 Å². The van der Waals surface area contributed by atoms with Crippen molar-refractivity contribution in [2.24, 2.45) is 0 Å². The summed E-state index contributed by atoms with van der Waals surface area (Å²) >= 11 is 1.51. The molecule has 1 aromatic rings. The maximum atomic E-state index is 8.67. The smallest absolute Gasteiger partial charge is 0.164 e. The van der Waals surface area contributed by atoms with Crippen molar-refractivity contribution in [1.29, 1.82) is 5.26 Å². The summed E-state index contributed by atoms with van der Waals surface area (Å²) in [5.74, 6) is 0.790. The highest BCUT2D eigenvalue weighted by molar-refractivity contribution is 7.99. The van der Waals surface area contributed by atoms with Gasteiger partial charge >= 0.3 is 0 Å². The summed E-state index contributed by atoms with van der Waals surface area (Å²) in [6.07, 6.45) is 0.721. The Labute approximate surface area is 86.8 Å². The van der Waals surface area contributed by atoms with Gasteiger partial charge in [0.25, 0.3) is 0 Å². The Morgan fingerprint density at radius 1 is 1.57 bits per heavy atom. The van der Waals surface area contributed by atoms with Crippen LogP contribution < -0.4 is 5.73 Å². The minimum atomic E-state index is 0.174. The molecule has 5 heteroatoms. The number of aliphatic hydroxyl groups is 1. The molecule has 0 aromatic carbocycles. The predicted octanol–water partition coefficient (Wildman–Crippen LogP) is 1.01. The van der Waals surface area contributed by atoms with E-state index >= 15 is 0 Å². The molecule has 1 rings (SSSR count). The number of hydrogen-bond acceptors (Lipinski definition) is 5. The number of anilines is 1.